The van der Waals surface area contributed by atoms with Crippen molar-refractivity contribution in [1.82, 2.24) is 4.90 Å². The minimum atomic E-state index is -0.0647. The van der Waals surface area contributed by atoms with Crippen molar-refractivity contribution in [3.63, 3.8) is 0 Å². The van der Waals surface area contributed by atoms with Crippen molar-refractivity contribution in [2.24, 2.45) is 5.92 Å². The molecule has 0 aliphatic carbocycles. The van der Waals surface area contributed by atoms with Gasteiger partial charge in [0.25, 0.3) is 0 Å². The third-order valence-electron chi connectivity index (χ3n) is 5.39. The van der Waals surface area contributed by atoms with Crippen molar-refractivity contribution >= 4 is 23.6 Å². The monoisotopic (exact) mass is 390 g/mol. The van der Waals surface area contributed by atoms with Gasteiger partial charge in [-0.05, 0) is 41.5 Å². The maximum absolute atomic E-state index is 12.8. The summed E-state index contributed by atoms with van der Waals surface area (Å²) in [4.78, 5) is 27.1. The van der Waals surface area contributed by atoms with E-state index in [0.29, 0.717) is 25.9 Å². The molecule has 0 spiro atoms. The number of hydrogen-bond acceptors (Lipinski definition) is 2. The molecule has 29 heavy (non-hydrogen) atoms. The number of amides is 2. The van der Waals surface area contributed by atoms with Crippen LogP contribution in [0.15, 0.2) is 60.7 Å². The second-order valence-electron chi connectivity index (χ2n) is 8.63. The summed E-state index contributed by atoms with van der Waals surface area (Å²) in [6, 6.07) is 17.8. The predicted molar refractivity (Wildman–Crippen MR) is 119 cm³/mol. The van der Waals surface area contributed by atoms with Crippen LogP contribution in [-0.4, -0.2) is 29.8 Å². The number of carbonyl (C=O) groups is 2. The van der Waals surface area contributed by atoms with Gasteiger partial charge in [0.2, 0.25) is 11.8 Å². The highest BCUT2D eigenvalue weighted by Gasteiger charge is 2.27. The van der Waals surface area contributed by atoms with E-state index in [2.05, 4.69) is 32.2 Å². The van der Waals surface area contributed by atoms with E-state index in [-0.39, 0.29) is 23.1 Å². The lowest BCUT2D eigenvalue weighted by molar-refractivity contribution is -0.130. The summed E-state index contributed by atoms with van der Waals surface area (Å²) >= 11 is 0. The molecule has 2 aromatic carbocycles. The Morgan fingerprint density at radius 2 is 1.59 bits per heavy atom. The van der Waals surface area contributed by atoms with E-state index < -0.39 is 0 Å². The van der Waals surface area contributed by atoms with Crippen molar-refractivity contribution in [3.8, 4) is 0 Å². The molecule has 4 heteroatoms. The summed E-state index contributed by atoms with van der Waals surface area (Å²) in [6.45, 7) is 7.65. The lowest BCUT2D eigenvalue weighted by Gasteiger charge is -2.31. The lowest BCUT2D eigenvalue weighted by Crippen LogP contribution is -2.40. The van der Waals surface area contributed by atoms with Gasteiger partial charge in [0.1, 0.15) is 0 Å². The minimum absolute atomic E-state index is 0.00536. The Kier molecular flexibility index (Phi) is 6.53. The molecule has 1 heterocycles. The average molecular weight is 391 g/mol. The Hall–Kier alpha value is -2.88. The number of anilines is 1. The molecule has 1 aliphatic rings. The summed E-state index contributed by atoms with van der Waals surface area (Å²) in [5.41, 5.74) is 2.99. The first-order valence-electron chi connectivity index (χ1n) is 10.3. The van der Waals surface area contributed by atoms with E-state index in [4.69, 9.17) is 0 Å². The SMILES string of the molecule is CC(C)(C)c1ccccc1NC(=O)C1CCN(C(=O)/C=C/c2ccccc2)CC1. The van der Waals surface area contributed by atoms with Gasteiger partial charge in [-0.3, -0.25) is 9.59 Å². The Morgan fingerprint density at radius 1 is 0.966 bits per heavy atom. The van der Waals surface area contributed by atoms with Gasteiger partial charge in [0.05, 0.1) is 0 Å². The van der Waals surface area contributed by atoms with E-state index in [1.807, 2.05) is 59.5 Å². The molecule has 4 nitrogen and oxygen atoms in total. The quantitative estimate of drug-likeness (QED) is 0.757. The van der Waals surface area contributed by atoms with Crippen LogP contribution in [0.3, 0.4) is 0 Å². The number of nitrogens with one attached hydrogen (secondary N) is 1. The van der Waals surface area contributed by atoms with Gasteiger partial charge in [-0.25, -0.2) is 0 Å². The Balaban J connectivity index is 1.55. The predicted octanol–water partition coefficient (Wildman–Crippen LogP) is 4.87. The molecule has 0 unspecified atom stereocenters. The standard InChI is InChI=1S/C25H30N2O2/c1-25(2,3)21-11-7-8-12-22(21)26-24(29)20-15-17-27(18-16-20)23(28)14-13-19-9-5-4-6-10-19/h4-14,20H,15-18H2,1-3H3,(H,26,29)/b14-13+. The van der Waals surface area contributed by atoms with Crippen LogP contribution in [0.5, 0.6) is 0 Å². The van der Waals surface area contributed by atoms with Crippen LogP contribution in [0.25, 0.3) is 6.08 Å². The number of hydrogen-bond donors (Lipinski definition) is 1. The minimum Gasteiger partial charge on any atom is -0.339 e. The molecule has 0 saturated carbocycles. The molecule has 3 rings (SSSR count). The van der Waals surface area contributed by atoms with Crippen molar-refractivity contribution in [1.29, 1.82) is 0 Å². The van der Waals surface area contributed by atoms with Gasteiger partial charge in [-0.2, -0.15) is 0 Å². The molecule has 1 fully saturated rings. The Bertz CT molecular complexity index is 873. The van der Waals surface area contributed by atoms with Crippen LogP contribution in [0.1, 0.15) is 44.7 Å². The van der Waals surface area contributed by atoms with Crippen LogP contribution in [0.2, 0.25) is 0 Å². The zero-order chi connectivity index (χ0) is 20.9. The van der Waals surface area contributed by atoms with Crippen LogP contribution < -0.4 is 5.32 Å². The van der Waals surface area contributed by atoms with E-state index >= 15 is 0 Å². The molecule has 1 saturated heterocycles. The molecule has 152 valence electrons. The molecule has 0 bridgehead atoms. The Labute approximate surface area is 173 Å². The third-order valence-corrected chi connectivity index (χ3v) is 5.39. The van der Waals surface area contributed by atoms with Gasteiger partial charge < -0.3 is 10.2 Å². The molecule has 0 atom stereocenters. The largest absolute Gasteiger partial charge is 0.339 e. The van der Waals surface area contributed by atoms with E-state index in [1.54, 1.807) is 6.08 Å². The molecular weight excluding hydrogens is 360 g/mol. The van der Waals surface area contributed by atoms with Crippen LogP contribution in [0, 0.1) is 5.92 Å². The fourth-order valence-electron chi connectivity index (χ4n) is 3.68. The topological polar surface area (TPSA) is 49.4 Å². The summed E-state index contributed by atoms with van der Waals surface area (Å²) in [7, 11) is 0. The van der Waals surface area contributed by atoms with Gasteiger partial charge >= 0.3 is 0 Å². The highest BCUT2D eigenvalue weighted by molar-refractivity contribution is 5.94. The first-order chi connectivity index (χ1) is 13.8. The van der Waals surface area contributed by atoms with Crippen molar-refractivity contribution < 1.29 is 9.59 Å². The summed E-state index contributed by atoms with van der Waals surface area (Å²) in [6.07, 6.45) is 4.84. The van der Waals surface area contributed by atoms with Crippen molar-refractivity contribution in [2.75, 3.05) is 18.4 Å². The lowest BCUT2D eigenvalue weighted by atomic mass is 9.85. The molecule has 2 aromatic rings. The number of benzene rings is 2. The smallest absolute Gasteiger partial charge is 0.246 e. The van der Waals surface area contributed by atoms with Crippen LogP contribution in [0.4, 0.5) is 5.69 Å². The number of piperidine rings is 1. The maximum Gasteiger partial charge on any atom is 0.246 e. The maximum atomic E-state index is 12.8. The summed E-state index contributed by atoms with van der Waals surface area (Å²) in [5.74, 6) is -0.00964. The van der Waals surface area contributed by atoms with Gasteiger partial charge in [-0.15, -0.1) is 0 Å². The number of nitrogens with zero attached hydrogens (tertiary/aromatic N) is 1. The highest BCUT2D eigenvalue weighted by atomic mass is 16.2. The highest BCUT2D eigenvalue weighted by Crippen LogP contribution is 2.30. The van der Waals surface area contributed by atoms with Crippen molar-refractivity contribution in [3.05, 3.63) is 71.8 Å². The molecular formula is C25H30N2O2. The van der Waals surface area contributed by atoms with E-state index in [0.717, 1.165) is 16.8 Å². The molecule has 0 aromatic heterocycles. The molecule has 2 amide bonds. The number of likely N-dealkylation sites (tertiary alicyclic amines) is 1. The molecule has 0 radical (unpaired) electrons. The zero-order valence-corrected chi connectivity index (χ0v) is 17.5. The second-order valence-corrected chi connectivity index (χ2v) is 8.63. The first-order valence-corrected chi connectivity index (χ1v) is 10.3. The normalized spacial score (nSPS) is 15.5. The number of carbonyl (C=O) groups excluding carboxylic acids is 2. The molecule has 1 N–H and O–H groups in total. The van der Waals surface area contributed by atoms with Gasteiger partial charge in [-0.1, -0.05) is 69.3 Å². The summed E-state index contributed by atoms with van der Waals surface area (Å²) in [5, 5.41) is 3.12. The number of rotatable bonds is 4. The first kappa shape index (κ1) is 20.8. The number of para-hydroxylation sites is 1. The second kappa shape index (κ2) is 9.08. The average Bonchev–Trinajstić information content (AvgIpc) is 2.72. The van der Waals surface area contributed by atoms with Crippen LogP contribution >= 0.6 is 0 Å². The fourth-order valence-corrected chi connectivity index (χ4v) is 3.68. The Morgan fingerprint density at radius 3 is 2.24 bits per heavy atom. The molecule has 1 aliphatic heterocycles. The van der Waals surface area contributed by atoms with Gasteiger partial charge in [0.15, 0.2) is 0 Å². The third kappa shape index (κ3) is 5.57. The van der Waals surface area contributed by atoms with Gasteiger partial charge in [0, 0.05) is 30.8 Å². The fraction of sp³-hybridized carbons (Fsp3) is 0.360. The van der Waals surface area contributed by atoms with E-state index in [1.165, 1.54) is 0 Å². The zero-order valence-electron chi connectivity index (χ0n) is 17.5. The van der Waals surface area contributed by atoms with E-state index in [9.17, 15) is 9.59 Å². The van der Waals surface area contributed by atoms with Crippen LogP contribution in [-0.2, 0) is 15.0 Å². The summed E-state index contributed by atoms with van der Waals surface area (Å²) < 4.78 is 0. The van der Waals surface area contributed by atoms with Crippen molar-refractivity contribution in [2.45, 2.75) is 39.0 Å².